The van der Waals surface area contributed by atoms with E-state index in [-0.39, 0.29) is 5.43 Å². The molecule has 0 aliphatic rings. The fourth-order valence-electron chi connectivity index (χ4n) is 2.59. The smallest absolute Gasteiger partial charge is 0.230 e. The second-order valence-electron chi connectivity index (χ2n) is 5.33. The van der Waals surface area contributed by atoms with Crippen molar-refractivity contribution < 1.29 is 9.15 Å². The van der Waals surface area contributed by atoms with Gasteiger partial charge in [-0.15, -0.1) is 11.6 Å². The largest absolute Gasteiger partial charge is 0.491 e. The summed E-state index contributed by atoms with van der Waals surface area (Å²) in [4.78, 5) is 16.4. The van der Waals surface area contributed by atoms with Crippen molar-refractivity contribution in [1.82, 2.24) is 4.98 Å². The van der Waals surface area contributed by atoms with Crippen LogP contribution in [0.2, 0.25) is 0 Å². The molecule has 0 aliphatic heterocycles. The average molecular weight is 330 g/mol. The van der Waals surface area contributed by atoms with Crippen LogP contribution in [0.15, 0.2) is 45.7 Å². The zero-order valence-corrected chi connectivity index (χ0v) is 13.7. The molecule has 0 amide bonds. The van der Waals surface area contributed by atoms with Gasteiger partial charge < -0.3 is 9.15 Å². The summed E-state index contributed by atoms with van der Waals surface area (Å²) in [6.07, 6.45) is 1.60. The van der Waals surface area contributed by atoms with E-state index in [0.29, 0.717) is 35.1 Å². The Hall–Kier alpha value is -2.33. The van der Waals surface area contributed by atoms with Crippen LogP contribution in [0.1, 0.15) is 11.1 Å². The summed E-state index contributed by atoms with van der Waals surface area (Å²) in [5.74, 6) is 1.50. The monoisotopic (exact) mass is 329 g/mol. The molecule has 0 saturated heterocycles. The van der Waals surface area contributed by atoms with Crippen molar-refractivity contribution in [3.8, 4) is 17.1 Å². The Bertz CT molecular complexity index is 918. The number of aromatic nitrogens is 1. The highest BCUT2D eigenvalue weighted by atomic mass is 35.5. The Morgan fingerprint density at radius 1 is 1.26 bits per heavy atom. The Morgan fingerprint density at radius 3 is 2.87 bits per heavy atom. The summed E-state index contributed by atoms with van der Waals surface area (Å²) in [6.45, 7) is 4.32. The Labute approximate surface area is 138 Å². The molecule has 1 aromatic carbocycles. The topological polar surface area (TPSA) is 52.3 Å². The van der Waals surface area contributed by atoms with E-state index in [1.807, 2.05) is 26.0 Å². The predicted octanol–water partition coefficient (Wildman–Crippen LogP) is 4.09. The molecule has 0 spiro atoms. The fraction of sp³-hybridized carbons (Fsp3) is 0.222. The third-order valence-electron chi connectivity index (χ3n) is 3.51. The highest BCUT2D eigenvalue weighted by Crippen LogP contribution is 2.34. The van der Waals surface area contributed by atoms with Gasteiger partial charge in [-0.2, -0.15) is 0 Å². The number of rotatable bonds is 4. The number of hydrogen-bond acceptors (Lipinski definition) is 4. The van der Waals surface area contributed by atoms with Gasteiger partial charge in [-0.25, -0.2) is 4.98 Å². The van der Waals surface area contributed by atoms with Crippen LogP contribution in [0.3, 0.4) is 0 Å². The molecule has 0 aliphatic carbocycles. The molecule has 23 heavy (non-hydrogen) atoms. The number of hydrogen-bond donors (Lipinski definition) is 0. The van der Waals surface area contributed by atoms with Crippen molar-refractivity contribution in [3.63, 3.8) is 0 Å². The second kappa shape index (κ2) is 6.42. The molecule has 0 fully saturated rings. The first-order chi connectivity index (χ1) is 11.1. The molecule has 0 atom stereocenters. The third-order valence-corrected chi connectivity index (χ3v) is 3.67. The van der Waals surface area contributed by atoms with Crippen LogP contribution in [-0.4, -0.2) is 17.5 Å². The SMILES string of the molecule is Cc1cc(C)c(OCCCl)c(-c2cc(=O)c3cccnc3o2)c1. The maximum atomic E-state index is 12.3. The van der Waals surface area contributed by atoms with Gasteiger partial charge in [0.2, 0.25) is 5.71 Å². The first-order valence-electron chi connectivity index (χ1n) is 7.29. The van der Waals surface area contributed by atoms with Gasteiger partial charge in [0.05, 0.1) is 16.8 Å². The minimum absolute atomic E-state index is 0.128. The first-order valence-corrected chi connectivity index (χ1v) is 7.83. The molecule has 0 saturated carbocycles. The van der Waals surface area contributed by atoms with Crippen molar-refractivity contribution in [1.29, 1.82) is 0 Å². The van der Waals surface area contributed by atoms with Gasteiger partial charge >= 0.3 is 0 Å². The van der Waals surface area contributed by atoms with E-state index in [0.717, 1.165) is 16.7 Å². The van der Waals surface area contributed by atoms with Crippen molar-refractivity contribution in [2.75, 3.05) is 12.5 Å². The zero-order valence-electron chi connectivity index (χ0n) is 12.9. The number of halogens is 1. The van der Waals surface area contributed by atoms with Gasteiger partial charge in [0.1, 0.15) is 18.1 Å². The van der Waals surface area contributed by atoms with Gasteiger partial charge in [-0.3, -0.25) is 4.79 Å². The third kappa shape index (κ3) is 3.08. The lowest BCUT2D eigenvalue weighted by Gasteiger charge is -2.14. The lowest BCUT2D eigenvalue weighted by Crippen LogP contribution is -2.04. The number of aryl methyl sites for hydroxylation is 2. The van der Waals surface area contributed by atoms with Crippen LogP contribution in [0.4, 0.5) is 0 Å². The predicted molar refractivity (Wildman–Crippen MR) is 91.4 cm³/mol. The number of benzene rings is 1. The minimum Gasteiger partial charge on any atom is -0.491 e. The molecular weight excluding hydrogens is 314 g/mol. The van der Waals surface area contributed by atoms with E-state index in [2.05, 4.69) is 4.98 Å². The van der Waals surface area contributed by atoms with Crippen molar-refractivity contribution in [2.24, 2.45) is 0 Å². The number of pyridine rings is 1. The molecule has 0 radical (unpaired) electrons. The summed E-state index contributed by atoms with van der Waals surface area (Å²) in [7, 11) is 0. The van der Waals surface area contributed by atoms with Gasteiger partial charge in [0, 0.05) is 12.3 Å². The summed E-state index contributed by atoms with van der Waals surface area (Å²) in [5, 5.41) is 0.462. The van der Waals surface area contributed by atoms with E-state index in [9.17, 15) is 4.79 Å². The van der Waals surface area contributed by atoms with E-state index in [4.69, 9.17) is 20.8 Å². The highest BCUT2D eigenvalue weighted by Gasteiger charge is 2.15. The van der Waals surface area contributed by atoms with E-state index >= 15 is 0 Å². The molecule has 4 nitrogen and oxygen atoms in total. The molecular formula is C18H16ClNO3. The molecule has 2 aromatic heterocycles. The lowest BCUT2D eigenvalue weighted by atomic mass is 10.0. The van der Waals surface area contributed by atoms with Gasteiger partial charge in [0.25, 0.3) is 0 Å². The van der Waals surface area contributed by atoms with Crippen LogP contribution in [0.25, 0.3) is 22.4 Å². The summed E-state index contributed by atoms with van der Waals surface area (Å²) >= 11 is 5.73. The molecule has 3 rings (SSSR count). The molecule has 3 aromatic rings. The molecule has 0 bridgehead atoms. The summed E-state index contributed by atoms with van der Waals surface area (Å²) < 4.78 is 11.6. The maximum absolute atomic E-state index is 12.3. The van der Waals surface area contributed by atoms with E-state index < -0.39 is 0 Å². The van der Waals surface area contributed by atoms with E-state index in [1.54, 1.807) is 18.3 Å². The average Bonchev–Trinajstić information content (AvgIpc) is 2.53. The Morgan fingerprint density at radius 2 is 2.09 bits per heavy atom. The van der Waals surface area contributed by atoms with Crippen LogP contribution in [-0.2, 0) is 0 Å². The van der Waals surface area contributed by atoms with Crippen molar-refractivity contribution in [3.05, 3.63) is 57.9 Å². The van der Waals surface area contributed by atoms with Crippen LogP contribution in [0.5, 0.6) is 5.75 Å². The number of alkyl halides is 1. The molecule has 0 N–H and O–H groups in total. The quantitative estimate of drug-likeness (QED) is 0.676. The summed E-state index contributed by atoms with van der Waals surface area (Å²) in [6, 6.07) is 8.84. The fourth-order valence-corrected chi connectivity index (χ4v) is 2.67. The van der Waals surface area contributed by atoms with Crippen LogP contribution < -0.4 is 10.2 Å². The number of nitrogens with zero attached hydrogens (tertiary/aromatic N) is 1. The zero-order chi connectivity index (χ0) is 16.4. The number of ether oxygens (including phenoxy) is 1. The molecule has 118 valence electrons. The minimum atomic E-state index is -0.128. The highest BCUT2D eigenvalue weighted by molar-refractivity contribution is 6.18. The van der Waals surface area contributed by atoms with Crippen LogP contribution >= 0.6 is 11.6 Å². The first kappa shape index (κ1) is 15.6. The molecule has 2 heterocycles. The standard InChI is InChI=1S/C18H16ClNO3/c1-11-8-12(2)17(22-7-5-19)14(9-11)16-10-15(21)13-4-3-6-20-18(13)23-16/h3-4,6,8-10H,5,7H2,1-2H3. The van der Waals surface area contributed by atoms with E-state index in [1.165, 1.54) is 6.07 Å². The van der Waals surface area contributed by atoms with Crippen molar-refractivity contribution in [2.45, 2.75) is 13.8 Å². The van der Waals surface area contributed by atoms with Crippen molar-refractivity contribution >= 4 is 22.7 Å². The molecule has 5 heteroatoms. The normalized spacial score (nSPS) is 10.9. The lowest BCUT2D eigenvalue weighted by molar-refractivity contribution is 0.341. The maximum Gasteiger partial charge on any atom is 0.230 e. The Kier molecular flexibility index (Phi) is 4.35. The summed E-state index contributed by atoms with van der Waals surface area (Å²) in [5.41, 5.74) is 2.94. The van der Waals surface area contributed by atoms with Gasteiger partial charge in [-0.05, 0) is 43.2 Å². The second-order valence-corrected chi connectivity index (χ2v) is 5.70. The molecule has 0 unspecified atom stereocenters. The van der Waals surface area contributed by atoms with Crippen LogP contribution in [0, 0.1) is 13.8 Å². The number of fused-ring (bicyclic) bond motifs is 1. The van der Waals surface area contributed by atoms with Gasteiger partial charge in [0.15, 0.2) is 5.43 Å². The Balaban J connectivity index is 2.23. The van der Waals surface area contributed by atoms with Gasteiger partial charge in [-0.1, -0.05) is 6.07 Å².